The standard InChI is InChI=1S/C14H13FN2O/c1-8-13(10-7-18-6-9(10)5-16)14-11(15)3-2-4-12(14)17-8/h2-4,6-7,17H,5,16H2,1H3. The molecule has 0 aliphatic carbocycles. The van der Waals surface area contributed by atoms with Gasteiger partial charge in [0.05, 0.1) is 12.5 Å². The molecule has 18 heavy (non-hydrogen) atoms. The average molecular weight is 244 g/mol. The van der Waals surface area contributed by atoms with E-state index in [4.69, 9.17) is 10.2 Å². The van der Waals surface area contributed by atoms with Gasteiger partial charge in [0.2, 0.25) is 0 Å². The molecule has 0 spiro atoms. The molecule has 0 radical (unpaired) electrons. The molecule has 2 heterocycles. The number of halogens is 1. The number of hydrogen-bond acceptors (Lipinski definition) is 2. The number of fused-ring (bicyclic) bond motifs is 1. The Bertz CT molecular complexity index is 712. The van der Waals surface area contributed by atoms with Gasteiger partial charge in [-0.1, -0.05) is 6.07 Å². The van der Waals surface area contributed by atoms with Crippen LogP contribution in [-0.4, -0.2) is 4.98 Å². The van der Waals surface area contributed by atoms with E-state index in [2.05, 4.69) is 4.98 Å². The fourth-order valence-corrected chi connectivity index (χ4v) is 2.37. The zero-order valence-electron chi connectivity index (χ0n) is 9.96. The molecule has 4 heteroatoms. The van der Waals surface area contributed by atoms with Crippen LogP contribution in [0.25, 0.3) is 22.0 Å². The zero-order chi connectivity index (χ0) is 12.7. The second-order valence-electron chi connectivity index (χ2n) is 4.30. The third kappa shape index (κ3) is 1.46. The van der Waals surface area contributed by atoms with Crippen LogP contribution in [-0.2, 0) is 6.54 Å². The highest BCUT2D eigenvalue weighted by Crippen LogP contribution is 2.36. The third-order valence-electron chi connectivity index (χ3n) is 3.19. The summed E-state index contributed by atoms with van der Waals surface area (Å²) < 4.78 is 19.2. The van der Waals surface area contributed by atoms with E-state index in [9.17, 15) is 4.39 Å². The molecule has 0 aliphatic rings. The van der Waals surface area contributed by atoms with E-state index >= 15 is 0 Å². The topological polar surface area (TPSA) is 55.0 Å². The molecule has 3 N–H and O–H groups in total. The Balaban J connectivity index is 2.38. The minimum atomic E-state index is -0.240. The van der Waals surface area contributed by atoms with Crippen molar-refractivity contribution < 1.29 is 8.81 Å². The third-order valence-corrected chi connectivity index (χ3v) is 3.19. The first-order chi connectivity index (χ1) is 8.72. The van der Waals surface area contributed by atoms with Gasteiger partial charge in [-0.05, 0) is 19.1 Å². The molecule has 0 fully saturated rings. The maximum absolute atomic E-state index is 14.0. The Labute approximate surface area is 103 Å². The van der Waals surface area contributed by atoms with Gasteiger partial charge in [-0.15, -0.1) is 0 Å². The molecule has 0 saturated heterocycles. The first-order valence-corrected chi connectivity index (χ1v) is 5.74. The number of hydrogen-bond donors (Lipinski definition) is 2. The predicted octanol–water partition coefficient (Wildman–Crippen LogP) is 3.33. The van der Waals surface area contributed by atoms with Crippen LogP contribution in [0.2, 0.25) is 0 Å². The van der Waals surface area contributed by atoms with Gasteiger partial charge in [0.1, 0.15) is 5.82 Å². The van der Waals surface area contributed by atoms with Gasteiger partial charge in [-0.2, -0.15) is 0 Å². The van der Waals surface area contributed by atoms with E-state index < -0.39 is 0 Å². The fourth-order valence-electron chi connectivity index (χ4n) is 2.37. The SMILES string of the molecule is Cc1[nH]c2cccc(F)c2c1-c1cocc1CN. The smallest absolute Gasteiger partial charge is 0.133 e. The van der Waals surface area contributed by atoms with Gasteiger partial charge < -0.3 is 15.1 Å². The van der Waals surface area contributed by atoms with Crippen molar-refractivity contribution in [2.24, 2.45) is 5.73 Å². The van der Waals surface area contributed by atoms with Crippen molar-refractivity contribution in [1.82, 2.24) is 4.98 Å². The summed E-state index contributed by atoms with van der Waals surface area (Å²) in [6.07, 6.45) is 3.22. The van der Waals surface area contributed by atoms with E-state index in [-0.39, 0.29) is 5.82 Å². The fraction of sp³-hybridized carbons (Fsp3) is 0.143. The molecule has 0 atom stereocenters. The summed E-state index contributed by atoms with van der Waals surface area (Å²) in [5, 5.41) is 0.589. The van der Waals surface area contributed by atoms with Crippen LogP contribution in [0.3, 0.4) is 0 Å². The van der Waals surface area contributed by atoms with Crippen molar-refractivity contribution in [3.63, 3.8) is 0 Å². The van der Waals surface area contributed by atoms with Crippen LogP contribution in [0.1, 0.15) is 11.3 Å². The Hall–Kier alpha value is -2.07. The van der Waals surface area contributed by atoms with Gasteiger partial charge in [0.15, 0.2) is 0 Å². The molecule has 3 aromatic rings. The second kappa shape index (κ2) is 3.99. The number of aryl methyl sites for hydroxylation is 1. The highest BCUT2D eigenvalue weighted by Gasteiger charge is 2.17. The van der Waals surface area contributed by atoms with E-state index in [1.807, 2.05) is 13.0 Å². The van der Waals surface area contributed by atoms with Gasteiger partial charge in [-0.3, -0.25) is 0 Å². The van der Waals surface area contributed by atoms with Crippen LogP contribution in [0.5, 0.6) is 0 Å². The van der Waals surface area contributed by atoms with Gasteiger partial charge in [-0.25, -0.2) is 4.39 Å². The summed E-state index contributed by atoms with van der Waals surface area (Å²) in [4.78, 5) is 3.18. The maximum atomic E-state index is 14.0. The lowest BCUT2D eigenvalue weighted by molar-refractivity contribution is 0.564. The quantitative estimate of drug-likeness (QED) is 0.726. The molecule has 2 aromatic heterocycles. The number of furan rings is 1. The first-order valence-electron chi connectivity index (χ1n) is 5.74. The second-order valence-corrected chi connectivity index (χ2v) is 4.30. The molecule has 3 nitrogen and oxygen atoms in total. The molecule has 0 unspecified atom stereocenters. The molecule has 3 rings (SSSR count). The molecule has 0 bridgehead atoms. The number of H-pyrrole nitrogens is 1. The summed E-state index contributed by atoms with van der Waals surface area (Å²) in [6, 6.07) is 5.01. The lowest BCUT2D eigenvalue weighted by atomic mass is 10.0. The molecular formula is C14H13FN2O. The van der Waals surface area contributed by atoms with Gasteiger partial charge in [0.25, 0.3) is 0 Å². The lowest BCUT2D eigenvalue weighted by Gasteiger charge is -2.01. The van der Waals surface area contributed by atoms with Crippen LogP contribution >= 0.6 is 0 Å². The Morgan fingerprint density at radius 2 is 2.17 bits per heavy atom. The van der Waals surface area contributed by atoms with E-state index in [0.29, 0.717) is 11.9 Å². The number of aromatic nitrogens is 1. The molecule has 0 aliphatic heterocycles. The Kier molecular flexibility index (Phi) is 2.45. The van der Waals surface area contributed by atoms with E-state index in [1.165, 1.54) is 6.07 Å². The van der Waals surface area contributed by atoms with Gasteiger partial charge >= 0.3 is 0 Å². The number of nitrogens with one attached hydrogen (secondary N) is 1. The van der Waals surface area contributed by atoms with E-state index in [0.717, 1.165) is 27.9 Å². The normalized spacial score (nSPS) is 11.3. The number of nitrogens with two attached hydrogens (primary N) is 1. The Morgan fingerprint density at radius 1 is 1.33 bits per heavy atom. The van der Waals surface area contributed by atoms with E-state index in [1.54, 1.807) is 18.6 Å². The minimum absolute atomic E-state index is 0.240. The van der Waals surface area contributed by atoms with Crippen molar-refractivity contribution in [2.45, 2.75) is 13.5 Å². The zero-order valence-corrected chi connectivity index (χ0v) is 9.96. The first kappa shape index (κ1) is 11.0. The lowest BCUT2D eigenvalue weighted by Crippen LogP contribution is -1.96. The number of benzene rings is 1. The summed E-state index contributed by atoms with van der Waals surface area (Å²) in [5.74, 6) is -0.240. The average Bonchev–Trinajstić information content (AvgIpc) is 2.92. The molecule has 1 aromatic carbocycles. The highest BCUT2D eigenvalue weighted by molar-refractivity contribution is 5.98. The summed E-state index contributed by atoms with van der Waals surface area (Å²) >= 11 is 0. The van der Waals surface area contributed by atoms with Crippen LogP contribution in [0.4, 0.5) is 4.39 Å². The predicted molar refractivity (Wildman–Crippen MR) is 68.6 cm³/mol. The number of aromatic amines is 1. The summed E-state index contributed by atoms with van der Waals surface area (Å²) in [7, 11) is 0. The maximum Gasteiger partial charge on any atom is 0.133 e. The van der Waals surface area contributed by atoms with Crippen molar-refractivity contribution in [1.29, 1.82) is 0 Å². The van der Waals surface area contributed by atoms with Gasteiger partial charge in [0, 0.05) is 39.8 Å². The largest absolute Gasteiger partial charge is 0.472 e. The van der Waals surface area contributed by atoms with Crippen molar-refractivity contribution in [3.05, 3.63) is 47.8 Å². The monoisotopic (exact) mass is 244 g/mol. The van der Waals surface area contributed by atoms with Crippen molar-refractivity contribution in [2.75, 3.05) is 0 Å². The van der Waals surface area contributed by atoms with Crippen LogP contribution < -0.4 is 5.73 Å². The number of rotatable bonds is 2. The summed E-state index contributed by atoms with van der Waals surface area (Å²) in [5.41, 5.74) is 9.92. The van der Waals surface area contributed by atoms with Crippen molar-refractivity contribution >= 4 is 10.9 Å². The molecule has 92 valence electrons. The Morgan fingerprint density at radius 3 is 2.94 bits per heavy atom. The highest BCUT2D eigenvalue weighted by atomic mass is 19.1. The molecular weight excluding hydrogens is 231 g/mol. The minimum Gasteiger partial charge on any atom is -0.472 e. The molecule has 0 saturated carbocycles. The van der Waals surface area contributed by atoms with Crippen LogP contribution in [0, 0.1) is 12.7 Å². The molecule has 0 amide bonds. The van der Waals surface area contributed by atoms with Crippen molar-refractivity contribution in [3.8, 4) is 11.1 Å². The van der Waals surface area contributed by atoms with Crippen LogP contribution in [0.15, 0.2) is 35.1 Å². The summed E-state index contributed by atoms with van der Waals surface area (Å²) in [6.45, 7) is 2.29.